The average molecular weight is 323 g/mol. The predicted molar refractivity (Wildman–Crippen MR) is 92.4 cm³/mol. The van der Waals surface area contributed by atoms with Gasteiger partial charge in [-0.15, -0.1) is 0 Å². The molecule has 1 amide bonds. The lowest BCUT2D eigenvalue weighted by Gasteiger charge is -2.55. The highest BCUT2D eigenvalue weighted by Gasteiger charge is 2.54. The fraction of sp³-hybridized carbons (Fsp3) is 0.600. The second-order valence-corrected chi connectivity index (χ2v) is 8.58. The van der Waals surface area contributed by atoms with Crippen molar-refractivity contribution in [3.63, 3.8) is 0 Å². The molecule has 4 fully saturated rings. The van der Waals surface area contributed by atoms with E-state index in [4.69, 9.17) is 0 Å². The molecule has 0 radical (unpaired) electrons. The summed E-state index contributed by atoms with van der Waals surface area (Å²) in [6.45, 7) is 2.62. The van der Waals surface area contributed by atoms with Crippen molar-refractivity contribution in [2.45, 2.75) is 52.0 Å². The summed E-state index contributed by atoms with van der Waals surface area (Å²) >= 11 is 0. The lowest BCUT2D eigenvalue weighted by Crippen LogP contribution is -2.53. The van der Waals surface area contributed by atoms with Crippen LogP contribution >= 0.6 is 0 Å². The van der Waals surface area contributed by atoms with Crippen LogP contribution in [-0.2, 0) is 11.3 Å². The van der Waals surface area contributed by atoms with Crippen LogP contribution in [0.4, 0.5) is 0 Å². The number of hydrogen-bond donors (Lipinski definition) is 1. The zero-order valence-corrected chi connectivity index (χ0v) is 14.3. The third kappa shape index (κ3) is 2.27. The molecule has 2 heterocycles. The molecule has 4 saturated carbocycles. The van der Waals surface area contributed by atoms with Crippen molar-refractivity contribution in [2.75, 3.05) is 0 Å². The molecule has 4 heteroatoms. The first-order valence-electron chi connectivity index (χ1n) is 9.32. The Kier molecular flexibility index (Phi) is 3.07. The van der Waals surface area contributed by atoms with E-state index in [1.807, 2.05) is 16.8 Å². The second-order valence-electron chi connectivity index (χ2n) is 8.58. The van der Waals surface area contributed by atoms with E-state index in [2.05, 4.69) is 29.4 Å². The molecule has 4 bridgehead atoms. The van der Waals surface area contributed by atoms with Crippen LogP contribution < -0.4 is 5.32 Å². The molecule has 0 atom stereocenters. The Bertz CT molecular complexity index is 771. The molecule has 4 aliphatic rings. The summed E-state index contributed by atoms with van der Waals surface area (Å²) in [5.74, 6) is 2.70. The third-order valence-electron chi connectivity index (χ3n) is 6.62. The van der Waals surface area contributed by atoms with Crippen molar-refractivity contribution in [3.05, 3.63) is 35.8 Å². The van der Waals surface area contributed by atoms with Gasteiger partial charge in [0.15, 0.2) is 0 Å². The highest BCUT2D eigenvalue weighted by molar-refractivity contribution is 5.83. The summed E-state index contributed by atoms with van der Waals surface area (Å²) in [5.41, 5.74) is 3.04. The molecule has 4 aliphatic carbocycles. The van der Waals surface area contributed by atoms with Crippen molar-refractivity contribution in [1.29, 1.82) is 0 Å². The first-order valence-corrected chi connectivity index (χ1v) is 9.32. The van der Waals surface area contributed by atoms with E-state index < -0.39 is 0 Å². The normalized spacial score (nSPS) is 34.0. The number of aromatic nitrogens is 2. The van der Waals surface area contributed by atoms with Crippen molar-refractivity contribution >= 4 is 11.6 Å². The summed E-state index contributed by atoms with van der Waals surface area (Å²) in [7, 11) is 0. The van der Waals surface area contributed by atoms with Crippen LogP contribution in [0.15, 0.2) is 24.5 Å². The maximum atomic E-state index is 13.0. The van der Waals surface area contributed by atoms with Gasteiger partial charge in [-0.05, 0) is 80.9 Å². The second kappa shape index (κ2) is 5.08. The van der Waals surface area contributed by atoms with Crippen LogP contribution in [0.1, 0.15) is 49.8 Å². The van der Waals surface area contributed by atoms with Gasteiger partial charge >= 0.3 is 0 Å². The number of pyridine rings is 1. The van der Waals surface area contributed by atoms with Crippen LogP contribution in [0.3, 0.4) is 0 Å². The molecule has 6 rings (SSSR count). The van der Waals surface area contributed by atoms with E-state index >= 15 is 0 Å². The van der Waals surface area contributed by atoms with E-state index in [1.54, 1.807) is 0 Å². The quantitative estimate of drug-likeness (QED) is 0.940. The molecular weight excluding hydrogens is 298 g/mol. The Labute approximate surface area is 142 Å². The van der Waals surface area contributed by atoms with Gasteiger partial charge in [-0.1, -0.05) is 0 Å². The van der Waals surface area contributed by atoms with Gasteiger partial charge in [-0.25, -0.2) is 4.98 Å². The Morgan fingerprint density at radius 2 is 1.92 bits per heavy atom. The Hall–Kier alpha value is -1.84. The molecule has 0 saturated heterocycles. The fourth-order valence-corrected chi connectivity index (χ4v) is 5.97. The number of aryl methyl sites for hydroxylation is 1. The van der Waals surface area contributed by atoms with Crippen LogP contribution in [-0.4, -0.2) is 15.3 Å². The van der Waals surface area contributed by atoms with Gasteiger partial charge in [0.2, 0.25) is 5.91 Å². The van der Waals surface area contributed by atoms with Crippen LogP contribution in [0.2, 0.25) is 0 Å². The van der Waals surface area contributed by atoms with Crippen molar-refractivity contribution in [1.82, 2.24) is 14.7 Å². The van der Waals surface area contributed by atoms with Gasteiger partial charge in [-0.2, -0.15) is 0 Å². The fourth-order valence-electron chi connectivity index (χ4n) is 5.97. The maximum Gasteiger partial charge on any atom is 0.226 e. The SMILES string of the molecule is Cc1ccn2cc(CNC(=O)C34CC5CC(CC(C5)C3)C4)nc2c1. The average Bonchev–Trinajstić information content (AvgIpc) is 2.93. The molecule has 2 aromatic rings. The lowest BCUT2D eigenvalue weighted by molar-refractivity contribution is -0.146. The maximum absolute atomic E-state index is 13.0. The number of fused-ring (bicyclic) bond motifs is 1. The number of carbonyl (C=O) groups excluding carboxylic acids is 1. The van der Waals surface area contributed by atoms with Crippen LogP contribution in [0.5, 0.6) is 0 Å². The number of amides is 1. The van der Waals surface area contributed by atoms with Crippen molar-refractivity contribution in [3.8, 4) is 0 Å². The molecular formula is C20H25N3O. The molecule has 0 aliphatic heterocycles. The zero-order chi connectivity index (χ0) is 16.3. The molecule has 126 valence electrons. The molecule has 1 N–H and O–H groups in total. The third-order valence-corrected chi connectivity index (χ3v) is 6.62. The molecule has 0 spiro atoms. The predicted octanol–water partition coefficient (Wildman–Crippen LogP) is 3.48. The molecule has 2 aromatic heterocycles. The van der Waals surface area contributed by atoms with Crippen LogP contribution in [0, 0.1) is 30.1 Å². The van der Waals surface area contributed by atoms with Gasteiger partial charge in [0.05, 0.1) is 12.2 Å². The van der Waals surface area contributed by atoms with E-state index in [9.17, 15) is 4.79 Å². The van der Waals surface area contributed by atoms with E-state index in [1.165, 1.54) is 24.8 Å². The highest BCUT2D eigenvalue weighted by Crippen LogP contribution is 2.60. The van der Waals surface area contributed by atoms with Gasteiger partial charge in [0, 0.05) is 17.8 Å². The van der Waals surface area contributed by atoms with Crippen molar-refractivity contribution < 1.29 is 4.79 Å². The Morgan fingerprint density at radius 3 is 2.58 bits per heavy atom. The largest absolute Gasteiger partial charge is 0.350 e. The number of carbonyl (C=O) groups is 1. The first kappa shape index (κ1) is 14.5. The Morgan fingerprint density at radius 1 is 1.25 bits per heavy atom. The van der Waals surface area contributed by atoms with E-state index in [0.29, 0.717) is 6.54 Å². The van der Waals surface area contributed by atoms with Crippen molar-refractivity contribution in [2.24, 2.45) is 23.2 Å². The highest BCUT2D eigenvalue weighted by atomic mass is 16.2. The molecule has 0 aromatic carbocycles. The summed E-state index contributed by atoms with van der Waals surface area (Å²) in [6.07, 6.45) is 11.5. The molecule has 4 nitrogen and oxygen atoms in total. The minimum Gasteiger partial charge on any atom is -0.350 e. The number of hydrogen-bond acceptors (Lipinski definition) is 2. The summed E-state index contributed by atoms with van der Waals surface area (Å²) in [4.78, 5) is 17.6. The number of rotatable bonds is 3. The Balaban J connectivity index is 1.31. The number of nitrogens with one attached hydrogen (secondary N) is 1. The lowest BCUT2D eigenvalue weighted by atomic mass is 9.49. The van der Waals surface area contributed by atoms with E-state index in [0.717, 1.165) is 48.4 Å². The first-order chi connectivity index (χ1) is 11.6. The van der Waals surface area contributed by atoms with Crippen LogP contribution in [0.25, 0.3) is 5.65 Å². The zero-order valence-electron chi connectivity index (χ0n) is 14.3. The van der Waals surface area contributed by atoms with Gasteiger partial charge in [0.1, 0.15) is 5.65 Å². The molecule has 24 heavy (non-hydrogen) atoms. The smallest absolute Gasteiger partial charge is 0.226 e. The number of nitrogens with zero attached hydrogens (tertiary/aromatic N) is 2. The summed E-state index contributed by atoms with van der Waals surface area (Å²) in [5, 5.41) is 3.22. The summed E-state index contributed by atoms with van der Waals surface area (Å²) < 4.78 is 2.03. The summed E-state index contributed by atoms with van der Waals surface area (Å²) in [6, 6.07) is 4.15. The number of imidazole rings is 1. The topological polar surface area (TPSA) is 46.4 Å². The van der Waals surface area contributed by atoms with Gasteiger partial charge < -0.3 is 9.72 Å². The minimum absolute atomic E-state index is 0.0650. The minimum atomic E-state index is -0.0650. The molecule has 0 unspecified atom stereocenters. The van der Waals surface area contributed by atoms with Gasteiger partial charge in [0.25, 0.3) is 0 Å². The standard InChI is InChI=1S/C20H25N3O/c1-13-2-3-23-12-17(22-18(23)4-13)11-21-19(24)20-8-14-5-15(9-20)7-16(6-14)10-20/h2-4,12,14-16H,5-11H2,1H3,(H,21,24). The van der Waals surface area contributed by atoms with E-state index in [-0.39, 0.29) is 11.3 Å². The van der Waals surface area contributed by atoms with Gasteiger partial charge in [-0.3, -0.25) is 4.79 Å². The monoisotopic (exact) mass is 323 g/mol.